The lowest BCUT2D eigenvalue weighted by atomic mass is 9.98. The SMILES string of the molecule is CCCC[B][Si](C)(C)c1ccccc1.C[N+](C)(C)C. The topological polar surface area (TPSA) is 0 Å². The fourth-order valence-corrected chi connectivity index (χ4v) is 3.87. The molecule has 0 aliphatic carbocycles. The van der Waals surface area contributed by atoms with Gasteiger partial charge in [-0.15, -0.1) is 0 Å². The molecule has 0 aromatic heterocycles. The van der Waals surface area contributed by atoms with Gasteiger partial charge in [0.1, 0.15) is 6.87 Å². The summed E-state index contributed by atoms with van der Waals surface area (Å²) in [5.41, 5.74) is 0. The molecule has 0 bridgehead atoms. The lowest BCUT2D eigenvalue weighted by molar-refractivity contribution is -0.849. The van der Waals surface area contributed by atoms with Gasteiger partial charge < -0.3 is 4.48 Å². The van der Waals surface area contributed by atoms with Crippen molar-refractivity contribution in [1.82, 2.24) is 0 Å². The zero-order chi connectivity index (χ0) is 14.9. The molecule has 3 heteroatoms. The molecule has 0 N–H and O–H groups in total. The Labute approximate surface area is 122 Å². The first-order valence-corrected chi connectivity index (χ1v) is 10.4. The van der Waals surface area contributed by atoms with Crippen molar-refractivity contribution in [2.75, 3.05) is 28.2 Å². The number of hydrogen-bond donors (Lipinski definition) is 0. The smallest absolute Gasteiger partial charge is 0.109 e. The molecule has 1 nitrogen and oxygen atoms in total. The molecule has 1 aromatic carbocycles. The third-order valence-electron chi connectivity index (χ3n) is 2.73. The average Bonchev–Trinajstić information content (AvgIpc) is 2.28. The molecule has 0 saturated carbocycles. The Hall–Kier alpha value is -0.538. The highest BCUT2D eigenvalue weighted by molar-refractivity contribution is 7.30. The van der Waals surface area contributed by atoms with Crippen LogP contribution in [0.3, 0.4) is 0 Å². The fourth-order valence-electron chi connectivity index (χ4n) is 1.65. The van der Waals surface area contributed by atoms with E-state index in [0.717, 1.165) is 4.48 Å². The minimum atomic E-state index is -1.24. The highest BCUT2D eigenvalue weighted by atomic mass is 28.3. The second kappa shape index (κ2) is 8.60. The summed E-state index contributed by atoms with van der Waals surface area (Å²) in [5.74, 6) is 0. The normalized spacial score (nSPS) is 11.5. The Kier molecular flexibility index (Phi) is 8.35. The largest absolute Gasteiger partial charge is 0.333 e. The van der Waals surface area contributed by atoms with Crippen LogP contribution in [0.25, 0.3) is 0 Å². The van der Waals surface area contributed by atoms with Crippen molar-refractivity contribution in [1.29, 1.82) is 0 Å². The van der Waals surface area contributed by atoms with Crippen LogP contribution in [0, 0.1) is 0 Å². The predicted molar refractivity (Wildman–Crippen MR) is 93.0 cm³/mol. The first kappa shape index (κ1) is 18.5. The van der Waals surface area contributed by atoms with E-state index in [2.05, 4.69) is 85.4 Å². The van der Waals surface area contributed by atoms with Crippen molar-refractivity contribution in [2.24, 2.45) is 0 Å². The molecule has 19 heavy (non-hydrogen) atoms. The summed E-state index contributed by atoms with van der Waals surface area (Å²) in [6.07, 6.45) is 3.92. The number of nitrogens with zero attached hydrogens (tertiary/aromatic N) is 1. The maximum Gasteiger partial charge on any atom is 0.109 e. The van der Waals surface area contributed by atoms with Crippen molar-refractivity contribution < 1.29 is 4.48 Å². The third kappa shape index (κ3) is 11.0. The highest BCUT2D eigenvalue weighted by Gasteiger charge is 2.22. The molecule has 1 rings (SSSR count). The lowest BCUT2D eigenvalue weighted by Gasteiger charge is -2.22. The average molecular weight is 277 g/mol. The molecule has 1 radical (unpaired) electrons. The molecule has 107 valence electrons. The van der Waals surface area contributed by atoms with Crippen LogP contribution in [0.2, 0.25) is 19.4 Å². The van der Waals surface area contributed by atoms with Gasteiger partial charge in [-0.05, 0) is 0 Å². The van der Waals surface area contributed by atoms with Crippen LogP contribution in [-0.2, 0) is 0 Å². The van der Waals surface area contributed by atoms with Crippen LogP contribution >= 0.6 is 0 Å². The van der Waals surface area contributed by atoms with Gasteiger partial charge in [0.2, 0.25) is 0 Å². The summed E-state index contributed by atoms with van der Waals surface area (Å²) in [5, 5.41) is 1.55. The van der Waals surface area contributed by atoms with E-state index in [9.17, 15) is 0 Å². The van der Waals surface area contributed by atoms with E-state index >= 15 is 0 Å². The van der Waals surface area contributed by atoms with Gasteiger partial charge in [0.25, 0.3) is 0 Å². The first-order valence-electron chi connectivity index (χ1n) is 7.35. The zero-order valence-corrected chi connectivity index (χ0v) is 15.0. The number of quaternary nitrogens is 1. The van der Waals surface area contributed by atoms with Crippen LogP contribution in [-0.4, -0.2) is 47.5 Å². The molecule has 0 spiro atoms. The summed E-state index contributed by atoms with van der Waals surface area (Å²) >= 11 is 0. The minimum absolute atomic E-state index is 1.00. The van der Waals surface area contributed by atoms with E-state index in [1.807, 2.05) is 0 Å². The minimum Gasteiger partial charge on any atom is -0.333 e. The monoisotopic (exact) mass is 277 g/mol. The van der Waals surface area contributed by atoms with Crippen LogP contribution < -0.4 is 5.19 Å². The Morgan fingerprint density at radius 1 is 1.00 bits per heavy atom. The maximum absolute atomic E-state index is 2.58. The van der Waals surface area contributed by atoms with E-state index in [1.54, 1.807) is 5.19 Å². The van der Waals surface area contributed by atoms with E-state index in [4.69, 9.17) is 0 Å². The van der Waals surface area contributed by atoms with Gasteiger partial charge in [-0.1, -0.05) is 74.7 Å². The van der Waals surface area contributed by atoms with Gasteiger partial charge in [-0.3, -0.25) is 0 Å². The van der Waals surface area contributed by atoms with Crippen LogP contribution in [0.1, 0.15) is 19.8 Å². The number of benzene rings is 1. The molecule has 1 aromatic rings. The van der Waals surface area contributed by atoms with E-state index in [-0.39, 0.29) is 0 Å². The first-order chi connectivity index (χ1) is 8.67. The van der Waals surface area contributed by atoms with Crippen LogP contribution in [0.15, 0.2) is 30.3 Å². The van der Waals surface area contributed by atoms with Gasteiger partial charge in [-0.25, -0.2) is 0 Å². The zero-order valence-electron chi connectivity index (χ0n) is 14.0. The summed E-state index contributed by atoms with van der Waals surface area (Å²) in [4.78, 5) is 0. The summed E-state index contributed by atoms with van der Waals surface area (Å²) in [6, 6.07) is 10.9. The molecule has 0 unspecified atom stereocenters. The molecule has 0 saturated heterocycles. The summed E-state index contributed by atoms with van der Waals surface area (Å²) in [7, 11) is 7.26. The van der Waals surface area contributed by atoms with Crippen LogP contribution in [0.4, 0.5) is 0 Å². The quantitative estimate of drug-likeness (QED) is 0.440. The van der Waals surface area contributed by atoms with Crippen molar-refractivity contribution >= 4 is 20.0 Å². The molecule has 0 heterocycles. The predicted octanol–water partition coefficient (Wildman–Crippen LogP) is 3.34. The highest BCUT2D eigenvalue weighted by Crippen LogP contribution is 2.06. The Balaban J connectivity index is 0.000000555. The number of hydrogen-bond acceptors (Lipinski definition) is 0. The Morgan fingerprint density at radius 2 is 1.47 bits per heavy atom. The second-order valence-electron chi connectivity index (χ2n) is 7.12. The van der Waals surface area contributed by atoms with E-state index in [0.29, 0.717) is 0 Å². The standard InChI is InChI=1S/C12H20BSi.C4H12N/c1-4-5-11-13-14(2,3)12-9-7-6-8-10-12;1-5(2,3)4/h6-10H,4-5,11H2,1-3H3;1-4H3/q;+1. The van der Waals surface area contributed by atoms with Gasteiger partial charge in [0.15, 0.2) is 0 Å². The molecule has 0 amide bonds. The van der Waals surface area contributed by atoms with Crippen LogP contribution in [0.5, 0.6) is 0 Å². The Bertz CT molecular complexity index is 324. The lowest BCUT2D eigenvalue weighted by Crippen LogP contribution is -2.47. The van der Waals surface area contributed by atoms with Crippen molar-refractivity contribution in [3.8, 4) is 0 Å². The Morgan fingerprint density at radius 3 is 1.89 bits per heavy atom. The van der Waals surface area contributed by atoms with Gasteiger partial charge in [0, 0.05) is 7.94 Å². The summed E-state index contributed by atoms with van der Waals surface area (Å²) < 4.78 is 1.00. The molecule has 0 fully saturated rings. The molecular weight excluding hydrogens is 245 g/mol. The molecular formula is C16H32BNSi+. The number of rotatable bonds is 5. The van der Waals surface area contributed by atoms with Crippen molar-refractivity contribution in [2.45, 2.75) is 39.2 Å². The second-order valence-corrected chi connectivity index (χ2v) is 11.5. The van der Waals surface area contributed by atoms with Crippen molar-refractivity contribution in [3.05, 3.63) is 30.3 Å². The van der Waals surface area contributed by atoms with Gasteiger partial charge in [0.05, 0.1) is 28.2 Å². The maximum atomic E-state index is 2.58. The van der Waals surface area contributed by atoms with Gasteiger partial charge in [-0.2, -0.15) is 0 Å². The summed E-state index contributed by atoms with van der Waals surface area (Å²) in [6.45, 7) is 9.69. The number of unbranched alkanes of at least 4 members (excludes halogenated alkanes) is 1. The van der Waals surface area contributed by atoms with E-state index in [1.165, 1.54) is 19.2 Å². The molecule has 0 aliphatic heterocycles. The van der Waals surface area contributed by atoms with E-state index < -0.39 is 7.94 Å². The van der Waals surface area contributed by atoms with Gasteiger partial charge >= 0.3 is 0 Å². The third-order valence-corrected chi connectivity index (χ3v) is 5.86. The molecule has 0 aliphatic rings. The fraction of sp³-hybridized carbons (Fsp3) is 0.625. The molecule has 0 atom stereocenters. The van der Waals surface area contributed by atoms with Crippen molar-refractivity contribution in [3.63, 3.8) is 0 Å².